The Bertz CT molecular complexity index is 849. The molecule has 1 aromatic heterocycles. The van der Waals surface area contributed by atoms with Crippen molar-refractivity contribution in [1.82, 2.24) is 14.2 Å². The van der Waals surface area contributed by atoms with E-state index >= 15 is 0 Å². The maximum atomic E-state index is 13.7. The summed E-state index contributed by atoms with van der Waals surface area (Å²) in [6.07, 6.45) is -0.570. The second-order valence-corrected chi connectivity index (χ2v) is 7.31. The van der Waals surface area contributed by atoms with Gasteiger partial charge in [-0.15, -0.1) is 0 Å². The number of fused-ring (bicyclic) bond motifs is 3. The molecule has 1 aliphatic heterocycles. The van der Waals surface area contributed by atoms with Crippen LogP contribution in [0.3, 0.4) is 0 Å². The predicted molar refractivity (Wildman–Crippen MR) is 97.4 cm³/mol. The molecule has 0 saturated carbocycles. The van der Waals surface area contributed by atoms with E-state index in [-0.39, 0.29) is 11.6 Å². The van der Waals surface area contributed by atoms with Gasteiger partial charge in [0.2, 0.25) is 0 Å². The van der Waals surface area contributed by atoms with Crippen LogP contribution in [0.2, 0.25) is 0 Å². The molecule has 4 rings (SSSR count). The van der Waals surface area contributed by atoms with Crippen LogP contribution < -0.4 is 5.32 Å². The summed E-state index contributed by atoms with van der Waals surface area (Å²) < 4.78 is 31.4. The van der Waals surface area contributed by atoms with Gasteiger partial charge in [-0.2, -0.15) is 0 Å². The molecule has 2 heterocycles. The van der Waals surface area contributed by atoms with E-state index in [0.29, 0.717) is 23.9 Å². The standard InChI is InChI=1S/C18H19F2N3OS/c19-12-1-3-17-15(7-12)16-8-13(20)2-4-18(16)23(17)10-14(24)9-22-6-5-21-11-25-22/h1-4,7-8,14,21,24H,5-6,9-11H2. The molecule has 25 heavy (non-hydrogen) atoms. The fourth-order valence-electron chi connectivity index (χ4n) is 3.37. The van der Waals surface area contributed by atoms with Crippen LogP contribution in [0.1, 0.15) is 0 Å². The molecule has 0 radical (unpaired) electrons. The van der Waals surface area contributed by atoms with Crippen LogP contribution in [0.4, 0.5) is 8.78 Å². The van der Waals surface area contributed by atoms with Crippen molar-refractivity contribution in [2.75, 3.05) is 25.5 Å². The summed E-state index contributed by atoms with van der Waals surface area (Å²) in [4.78, 5) is 0. The summed E-state index contributed by atoms with van der Waals surface area (Å²) in [6, 6.07) is 9.02. The quantitative estimate of drug-likeness (QED) is 0.700. The Morgan fingerprint density at radius 3 is 2.24 bits per heavy atom. The van der Waals surface area contributed by atoms with Crippen molar-refractivity contribution < 1.29 is 13.9 Å². The number of nitrogens with zero attached hydrogens (tertiary/aromatic N) is 2. The predicted octanol–water partition coefficient (Wildman–Crippen LogP) is 2.94. The van der Waals surface area contributed by atoms with Gasteiger partial charge in [0.1, 0.15) is 11.6 Å². The van der Waals surface area contributed by atoms with Gasteiger partial charge in [0, 0.05) is 41.4 Å². The topological polar surface area (TPSA) is 40.4 Å². The lowest BCUT2D eigenvalue weighted by Crippen LogP contribution is -2.39. The number of halogens is 2. The first kappa shape index (κ1) is 16.8. The van der Waals surface area contributed by atoms with Crippen molar-refractivity contribution in [3.05, 3.63) is 48.0 Å². The molecule has 0 spiro atoms. The molecule has 4 nitrogen and oxygen atoms in total. The molecule has 0 amide bonds. The number of hydrogen-bond donors (Lipinski definition) is 2. The van der Waals surface area contributed by atoms with E-state index in [4.69, 9.17) is 0 Å². The van der Waals surface area contributed by atoms with Crippen molar-refractivity contribution in [2.45, 2.75) is 12.6 Å². The number of aliphatic hydroxyl groups excluding tert-OH is 1. The zero-order chi connectivity index (χ0) is 17.4. The van der Waals surface area contributed by atoms with Crippen molar-refractivity contribution in [2.24, 2.45) is 0 Å². The minimum absolute atomic E-state index is 0.353. The molecule has 132 valence electrons. The van der Waals surface area contributed by atoms with E-state index in [9.17, 15) is 13.9 Å². The molecule has 7 heteroatoms. The van der Waals surface area contributed by atoms with Gasteiger partial charge in [0.05, 0.1) is 18.5 Å². The summed E-state index contributed by atoms with van der Waals surface area (Å²) in [5.41, 5.74) is 1.60. The van der Waals surface area contributed by atoms with Crippen molar-refractivity contribution in [3.8, 4) is 0 Å². The van der Waals surface area contributed by atoms with E-state index in [1.54, 1.807) is 24.1 Å². The van der Waals surface area contributed by atoms with Gasteiger partial charge >= 0.3 is 0 Å². The van der Waals surface area contributed by atoms with Gasteiger partial charge in [-0.1, -0.05) is 11.9 Å². The molecule has 1 atom stereocenters. The number of benzene rings is 2. The smallest absolute Gasteiger partial charge is 0.123 e. The number of aliphatic hydroxyl groups is 1. The molecule has 3 aromatic rings. The van der Waals surface area contributed by atoms with Gasteiger partial charge in [-0.25, -0.2) is 13.1 Å². The number of rotatable bonds is 4. The maximum Gasteiger partial charge on any atom is 0.123 e. The first-order valence-corrected chi connectivity index (χ1v) is 9.20. The Morgan fingerprint density at radius 2 is 1.68 bits per heavy atom. The van der Waals surface area contributed by atoms with Gasteiger partial charge < -0.3 is 15.0 Å². The molecule has 2 N–H and O–H groups in total. The Hall–Kier alpha value is -1.67. The van der Waals surface area contributed by atoms with E-state index in [1.807, 2.05) is 4.57 Å². The van der Waals surface area contributed by atoms with E-state index in [0.717, 1.165) is 30.0 Å². The third-order valence-corrected chi connectivity index (χ3v) is 5.51. The maximum absolute atomic E-state index is 13.7. The van der Waals surface area contributed by atoms with Crippen LogP contribution >= 0.6 is 11.9 Å². The fraction of sp³-hybridized carbons (Fsp3) is 0.333. The zero-order valence-electron chi connectivity index (χ0n) is 13.6. The monoisotopic (exact) mass is 363 g/mol. The highest BCUT2D eigenvalue weighted by atomic mass is 32.2. The lowest BCUT2D eigenvalue weighted by molar-refractivity contribution is 0.133. The molecular weight excluding hydrogens is 344 g/mol. The van der Waals surface area contributed by atoms with Gasteiger partial charge in [-0.05, 0) is 36.4 Å². The van der Waals surface area contributed by atoms with Gasteiger partial charge in [0.15, 0.2) is 0 Å². The largest absolute Gasteiger partial charge is 0.390 e. The highest BCUT2D eigenvalue weighted by Crippen LogP contribution is 2.30. The third-order valence-electron chi connectivity index (χ3n) is 4.48. The second-order valence-electron chi connectivity index (χ2n) is 6.25. The number of β-amino-alcohol motifs (C(OH)–C–C–N with tert-alkyl or cyclic N) is 1. The average Bonchev–Trinajstić information content (AvgIpc) is 2.88. The second kappa shape index (κ2) is 6.92. The van der Waals surface area contributed by atoms with Crippen LogP contribution in [0, 0.1) is 11.6 Å². The SMILES string of the molecule is OC(CN1CCNCS1)Cn1c2ccc(F)cc2c2cc(F)ccc21. The van der Waals surface area contributed by atoms with Crippen LogP contribution in [-0.4, -0.2) is 45.6 Å². The van der Waals surface area contributed by atoms with Crippen LogP contribution in [0.25, 0.3) is 21.8 Å². The van der Waals surface area contributed by atoms with Crippen molar-refractivity contribution in [1.29, 1.82) is 0 Å². The van der Waals surface area contributed by atoms with Crippen LogP contribution in [0.15, 0.2) is 36.4 Å². The molecule has 0 bridgehead atoms. The molecule has 1 saturated heterocycles. The highest BCUT2D eigenvalue weighted by Gasteiger charge is 2.18. The molecule has 2 aromatic carbocycles. The van der Waals surface area contributed by atoms with Crippen molar-refractivity contribution >= 4 is 33.8 Å². The Kier molecular flexibility index (Phi) is 4.64. The van der Waals surface area contributed by atoms with Gasteiger partial charge in [0.25, 0.3) is 0 Å². The summed E-state index contributed by atoms with van der Waals surface area (Å²) >= 11 is 1.67. The lowest BCUT2D eigenvalue weighted by Gasteiger charge is -2.28. The molecular formula is C18H19F2N3OS. The van der Waals surface area contributed by atoms with E-state index in [1.165, 1.54) is 24.3 Å². The normalized spacial score (nSPS) is 17.4. The lowest BCUT2D eigenvalue weighted by atomic mass is 10.1. The molecule has 1 fully saturated rings. The van der Waals surface area contributed by atoms with Crippen molar-refractivity contribution in [3.63, 3.8) is 0 Å². The Morgan fingerprint density at radius 1 is 1.04 bits per heavy atom. The number of hydrogen-bond acceptors (Lipinski definition) is 4. The molecule has 1 unspecified atom stereocenters. The first-order chi connectivity index (χ1) is 12.1. The summed E-state index contributed by atoms with van der Waals surface area (Å²) in [6.45, 7) is 2.72. The first-order valence-electron chi connectivity index (χ1n) is 8.25. The third kappa shape index (κ3) is 3.37. The van der Waals surface area contributed by atoms with E-state index < -0.39 is 6.10 Å². The number of nitrogens with one attached hydrogen (secondary N) is 1. The minimum Gasteiger partial charge on any atom is -0.390 e. The number of aromatic nitrogens is 1. The fourth-order valence-corrected chi connectivity index (χ4v) is 4.29. The Balaban J connectivity index is 1.69. The molecule has 1 aliphatic rings. The summed E-state index contributed by atoms with van der Waals surface area (Å²) in [5.74, 6) is 0.142. The average molecular weight is 363 g/mol. The summed E-state index contributed by atoms with van der Waals surface area (Å²) in [5, 5.41) is 15.1. The van der Waals surface area contributed by atoms with E-state index in [2.05, 4.69) is 9.62 Å². The van der Waals surface area contributed by atoms with Gasteiger partial charge in [-0.3, -0.25) is 0 Å². The minimum atomic E-state index is -0.570. The van der Waals surface area contributed by atoms with Crippen LogP contribution in [-0.2, 0) is 6.54 Å². The summed E-state index contributed by atoms with van der Waals surface area (Å²) in [7, 11) is 0. The zero-order valence-corrected chi connectivity index (χ0v) is 14.4. The molecule has 0 aliphatic carbocycles. The Labute approximate surface area is 148 Å². The van der Waals surface area contributed by atoms with Crippen LogP contribution in [0.5, 0.6) is 0 Å². The highest BCUT2D eigenvalue weighted by molar-refractivity contribution is 7.97.